The smallest absolute Gasteiger partial charge is 0.661 e. The molecule has 0 spiro atoms. The summed E-state index contributed by atoms with van der Waals surface area (Å²) in [4.78, 5) is 12.7. The molecule has 0 saturated carbocycles. The number of rotatable bonds is 5. The van der Waals surface area contributed by atoms with E-state index in [1.165, 1.54) is 48.1 Å². The topological polar surface area (TPSA) is 43.1 Å². The summed E-state index contributed by atoms with van der Waals surface area (Å²) in [5.74, 6) is 0. The second-order valence-corrected chi connectivity index (χ2v) is 23.0. The normalized spacial score (nSPS) is 13.7. The predicted octanol–water partition coefficient (Wildman–Crippen LogP) is 14.3. The van der Waals surface area contributed by atoms with Crippen molar-refractivity contribution in [3.8, 4) is 22.4 Å². The van der Waals surface area contributed by atoms with Crippen molar-refractivity contribution in [3.05, 3.63) is 187 Å². The van der Waals surface area contributed by atoms with Gasteiger partial charge in [0, 0.05) is 29.3 Å². The van der Waals surface area contributed by atoms with Crippen LogP contribution in [0.5, 0.6) is 0 Å². The second-order valence-electron chi connectivity index (χ2n) is 16.9. The van der Waals surface area contributed by atoms with Crippen molar-refractivity contribution in [1.29, 1.82) is 0 Å². The predicted molar refractivity (Wildman–Crippen MR) is 250 cm³/mol. The van der Waals surface area contributed by atoms with Crippen LogP contribution >= 0.6 is 11.3 Å². The van der Waals surface area contributed by atoms with Gasteiger partial charge in [0.15, 0.2) is 0 Å². The number of pyridine rings is 2. The van der Waals surface area contributed by atoms with Crippen LogP contribution in [0.15, 0.2) is 158 Å². The standard InChI is InChI=1S/C38H29N3S.C14H16NSi.Ir/c1-38(2,3)26-19-21-32(31(23-26)24-11-5-4-6-12-24)41-33-20-18-25-13-7-8-14-27(25)34(33)40-36(41)30-16-9-15-28-29-17-10-22-39-37(29)42-35(28)30;1-16(2,3)13-9-10-14(15-11-13)12-7-5-4-6-8-12;/h4-15,17-23,36H,1-3H3;4-7,9-11H,1-3H3;/q-2;-1;+3. The van der Waals surface area contributed by atoms with Gasteiger partial charge in [0.1, 0.15) is 4.83 Å². The molecular weight excluding hydrogens is 933 g/mol. The molecule has 4 heterocycles. The largest absolute Gasteiger partial charge is 3.00 e. The first-order chi connectivity index (χ1) is 28.0. The zero-order valence-electron chi connectivity index (χ0n) is 34.1. The molecule has 0 N–H and O–H groups in total. The van der Waals surface area contributed by atoms with Crippen molar-refractivity contribution in [3.63, 3.8) is 0 Å². The van der Waals surface area contributed by atoms with E-state index in [0.29, 0.717) is 0 Å². The summed E-state index contributed by atoms with van der Waals surface area (Å²) in [6.45, 7) is 13.8. The number of anilines is 2. The SMILES string of the molecule is CC(C)(C)c1ccc(N2c3ccc4ccccc4c3[N-]C2c2[c-]ccc3c2sc2ncccc23)c(-c2ccccc2)c1.C[Si](C)(C)c1ccc(-c2[c-]cccc2)nc1.[Ir+3]. The molecule has 9 aromatic rings. The van der Waals surface area contributed by atoms with Gasteiger partial charge in [-0.25, -0.2) is 4.98 Å². The molecule has 0 bridgehead atoms. The Balaban J connectivity index is 0.000000240. The third-order valence-corrected chi connectivity index (χ3v) is 14.1. The fraction of sp³-hybridized carbons (Fsp3) is 0.154. The van der Waals surface area contributed by atoms with E-state index in [2.05, 4.69) is 172 Å². The molecule has 7 heteroatoms. The van der Waals surface area contributed by atoms with Gasteiger partial charge in [0.05, 0.1) is 8.07 Å². The molecule has 1 atom stereocenters. The number of hydrogen-bond donors (Lipinski definition) is 0. The van der Waals surface area contributed by atoms with Crippen molar-refractivity contribution in [2.24, 2.45) is 0 Å². The molecule has 0 fully saturated rings. The van der Waals surface area contributed by atoms with E-state index in [9.17, 15) is 0 Å². The molecule has 1 aliphatic heterocycles. The molecule has 59 heavy (non-hydrogen) atoms. The van der Waals surface area contributed by atoms with E-state index in [1.54, 1.807) is 11.3 Å². The van der Waals surface area contributed by atoms with Crippen LogP contribution < -0.4 is 10.1 Å². The molecule has 6 aromatic carbocycles. The zero-order valence-corrected chi connectivity index (χ0v) is 38.3. The Hall–Kier alpha value is -5.43. The van der Waals surface area contributed by atoms with Gasteiger partial charge < -0.3 is 15.2 Å². The first-order valence-corrected chi connectivity index (χ1v) is 24.2. The van der Waals surface area contributed by atoms with Gasteiger partial charge in [-0.15, -0.1) is 52.5 Å². The van der Waals surface area contributed by atoms with E-state index >= 15 is 0 Å². The summed E-state index contributed by atoms with van der Waals surface area (Å²) in [5, 5.41) is 11.7. The molecule has 0 saturated heterocycles. The van der Waals surface area contributed by atoms with E-state index in [0.717, 1.165) is 38.7 Å². The maximum atomic E-state index is 5.52. The minimum Gasteiger partial charge on any atom is -0.661 e. The second kappa shape index (κ2) is 16.3. The Morgan fingerprint density at radius 1 is 0.695 bits per heavy atom. The Morgan fingerprint density at radius 3 is 2.20 bits per heavy atom. The van der Waals surface area contributed by atoms with Gasteiger partial charge in [0.25, 0.3) is 0 Å². The molecule has 3 aromatic heterocycles. The average Bonchev–Trinajstić information content (AvgIpc) is 3.83. The van der Waals surface area contributed by atoms with Crippen LogP contribution in [0.2, 0.25) is 19.6 Å². The fourth-order valence-electron chi connectivity index (χ4n) is 7.74. The Labute approximate surface area is 366 Å². The Morgan fingerprint density at radius 2 is 1.46 bits per heavy atom. The average molecular weight is 978 g/mol. The van der Waals surface area contributed by atoms with Crippen molar-refractivity contribution < 1.29 is 20.1 Å². The molecule has 0 radical (unpaired) electrons. The zero-order chi connectivity index (χ0) is 40.0. The number of benzene rings is 6. The fourth-order valence-corrected chi connectivity index (χ4v) is 9.93. The van der Waals surface area contributed by atoms with Crippen LogP contribution in [0.4, 0.5) is 17.1 Å². The van der Waals surface area contributed by atoms with Crippen molar-refractivity contribution in [2.75, 3.05) is 4.90 Å². The Bertz CT molecular complexity index is 2900. The van der Waals surface area contributed by atoms with Gasteiger partial charge in [-0.05, 0) is 74.0 Å². The summed E-state index contributed by atoms with van der Waals surface area (Å²) in [5.41, 5.74) is 10.2. The summed E-state index contributed by atoms with van der Waals surface area (Å²) in [7, 11) is -1.23. The molecule has 10 rings (SSSR count). The van der Waals surface area contributed by atoms with Crippen LogP contribution in [0.1, 0.15) is 38.1 Å². The van der Waals surface area contributed by atoms with Crippen molar-refractivity contribution in [2.45, 2.75) is 52.0 Å². The summed E-state index contributed by atoms with van der Waals surface area (Å²) >= 11 is 1.73. The van der Waals surface area contributed by atoms with E-state index in [-0.39, 0.29) is 31.7 Å². The number of aromatic nitrogens is 2. The van der Waals surface area contributed by atoms with E-state index in [1.807, 2.05) is 48.8 Å². The van der Waals surface area contributed by atoms with Gasteiger partial charge in [-0.3, -0.25) is 0 Å². The number of fused-ring (bicyclic) bond motifs is 6. The van der Waals surface area contributed by atoms with Gasteiger partial charge in [-0.1, -0.05) is 130 Å². The maximum absolute atomic E-state index is 5.52. The molecule has 1 unspecified atom stereocenters. The minimum absolute atomic E-state index is 0. The van der Waals surface area contributed by atoms with E-state index in [4.69, 9.17) is 10.3 Å². The maximum Gasteiger partial charge on any atom is 3.00 e. The molecule has 4 nitrogen and oxygen atoms in total. The van der Waals surface area contributed by atoms with Crippen molar-refractivity contribution in [1.82, 2.24) is 9.97 Å². The third-order valence-electron chi connectivity index (χ3n) is 11.0. The van der Waals surface area contributed by atoms with Crippen molar-refractivity contribution >= 4 is 72.7 Å². The first kappa shape index (κ1) is 40.4. The van der Waals surface area contributed by atoms with Crippen LogP contribution in [0.25, 0.3) is 58.8 Å². The minimum atomic E-state index is -1.23. The van der Waals surface area contributed by atoms with Gasteiger partial charge in [-0.2, -0.15) is 29.5 Å². The number of nitrogens with zero attached hydrogens (tertiary/aromatic N) is 4. The molecule has 0 aliphatic carbocycles. The molecule has 1 aliphatic rings. The van der Waals surface area contributed by atoms with Crippen LogP contribution in [0, 0.1) is 12.1 Å². The summed E-state index contributed by atoms with van der Waals surface area (Å²) in [6.07, 6.45) is 3.62. The summed E-state index contributed by atoms with van der Waals surface area (Å²) < 4.78 is 1.19. The van der Waals surface area contributed by atoms with Gasteiger partial charge >= 0.3 is 20.1 Å². The number of hydrogen-bond acceptors (Lipinski definition) is 4. The van der Waals surface area contributed by atoms with Crippen LogP contribution in [0.3, 0.4) is 0 Å². The van der Waals surface area contributed by atoms with Gasteiger partial charge in [0.2, 0.25) is 0 Å². The summed E-state index contributed by atoms with van der Waals surface area (Å²) in [6, 6.07) is 58.2. The quantitative estimate of drug-likeness (QED) is 0.127. The molecule has 292 valence electrons. The number of thiophene rings is 1. The molecule has 0 amide bonds. The first-order valence-electron chi connectivity index (χ1n) is 19.9. The Kier molecular flexibility index (Phi) is 11.2. The third kappa shape index (κ3) is 7.88. The monoisotopic (exact) mass is 978 g/mol. The van der Waals surface area contributed by atoms with Crippen LogP contribution in [-0.4, -0.2) is 18.0 Å². The van der Waals surface area contributed by atoms with Crippen LogP contribution in [-0.2, 0) is 25.5 Å². The molecular formula is C52H45IrN4SSi. The van der Waals surface area contributed by atoms with E-state index < -0.39 is 8.07 Å².